The number of halogens is 1. The number of imidazole rings is 1. The molecule has 9 nitrogen and oxygen atoms in total. The Morgan fingerprint density at radius 2 is 2.25 bits per heavy atom. The van der Waals surface area contributed by atoms with Gasteiger partial charge in [0.25, 0.3) is 5.56 Å². The Morgan fingerprint density at radius 3 is 2.90 bits per heavy atom. The number of nitrogens with zero attached hydrogens (tertiary/aromatic N) is 3. The lowest BCUT2D eigenvalue weighted by Gasteiger charge is -2.26. The van der Waals surface area contributed by atoms with Crippen molar-refractivity contribution in [3.63, 3.8) is 0 Å². The van der Waals surface area contributed by atoms with Crippen molar-refractivity contribution in [1.82, 2.24) is 19.5 Å². The molecular weight excluding hydrogens is 336 g/mol. The van der Waals surface area contributed by atoms with Crippen molar-refractivity contribution in [1.29, 1.82) is 0 Å². The van der Waals surface area contributed by atoms with E-state index in [1.54, 1.807) is 0 Å². The number of aromatic nitrogens is 4. The SMILES string of the molecule is O=c1[nH]cnc2c1ncn2[C@]1(Br)O[C@H](CO)[C@@H](O)[C@H]1O. The number of ether oxygens (including phenoxy) is 1. The third kappa shape index (κ3) is 1.73. The number of aromatic amines is 1. The summed E-state index contributed by atoms with van der Waals surface area (Å²) in [6.45, 7) is -0.466. The molecule has 0 bridgehead atoms. The highest BCUT2D eigenvalue weighted by molar-refractivity contribution is 9.09. The second kappa shape index (κ2) is 4.60. The fourth-order valence-corrected chi connectivity index (χ4v) is 2.95. The summed E-state index contributed by atoms with van der Waals surface area (Å²) < 4.78 is 5.18. The van der Waals surface area contributed by atoms with Crippen molar-refractivity contribution in [2.45, 2.75) is 22.9 Å². The van der Waals surface area contributed by atoms with Crippen LogP contribution in [-0.4, -0.2) is 59.8 Å². The van der Waals surface area contributed by atoms with Gasteiger partial charge in [0.15, 0.2) is 11.2 Å². The van der Waals surface area contributed by atoms with Gasteiger partial charge in [-0.3, -0.25) is 9.36 Å². The van der Waals surface area contributed by atoms with E-state index >= 15 is 0 Å². The third-order valence-corrected chi connectivity index (χ3v) is 4.27. The van der Waals surface area contributed by atoms with Crippen LogP contribution in [0, 0.1) is 0 Å². The molecule has 0 amide bonds. The van der Waals surface area contributed by atoms with Crippen molar-refractivity contribution in [3.05, 3.63) is 23.0 Å². The fourth-order valence-electron chi connectivity index (χ4n) is 2.18. The van der Waals surface area contributed by atoms with Crippen LogP contribution in [0.3, 0.4) is 0 Å². The number of alkyl halides is 1. The van der Waals surface area contributed by atoms with E-state index in [0.29, 0.717) is 0 Å². The number of rotatable bonds is 2. The first-order chi connectivity index (χ1) is 9.49. The Hall–Kier alpha value is -1.33. The van der Waals surface area contributed by atoms with E-state index in [1.165, 1.54) is 17.2 Å². The van der Waals surface area contributed by atoms with Crippen LogP contribution in [0.5, 0.6) is 0 Å². The predicted octanol–water partition coefficient (Wildman–Crippen LogP) is -1.76. The molecule has 10 heteroatoms. The summed E-state index contributed by atoms with van der Waals surface area (Å²) in [5, 5.41) is 29.1. The Morgan fingerprint density at radius 1 is 1.50 bits per heavy atom. The predicted molar refractivity (Wildman–Crippen MR) is 69.0 cm³/mol. The summed E-state index contributed by atoms with van der Waals surface area (Å²) >= 11 is 3.19. The van der Waals surface area contributed by atoms with Crippen LogP contribution in [0.15, 0.2) is 17.4 Å². The van der Waals surface area contributed by atoms with Gasteiger partial charge in [-0.25, -0.2) is 9.97 Å². The van der Waals surface area contributed by atoms with E-state index in [1.807, 2.05) is 0 Å². The molecule has 2 aromatic rings. The molecule has 20 heavy (non-hydrogen) atoms. The van der Waals surface area contributed by atoms with E-state index in [2.05, 4.69) is 30.9 Å². The van der Waals surface area contributed by atoms with Gasteiger partial charge >= 0.3 is 0 Å². The Balaban J connectivity index is 2.15. The van der Waals surface area contributed by atoms with Crippen LogP contribution >= 0.6 is 15.9 Å². The zero-order valence-electron chi connectivity index (χ0n) is 9.97. The summed E-state index contributed by atoms with van der Waals surface area (Å²) in [5.74, 6) is 0. The normalized spacial score (nSPS) is 33.9. The molecule has 1 aliphatic heterocycles. The molecule has 0 aromatic carbocycles. The van der Waals surface area contributed by atoms with Crippen LogP contribution in [0.4, 0.5) is 0 Å². The summed E-state index contributed by atoms with van der Waals surface area (Å²) in [5.41, 5.74) is -0.184. The summed E-state index contributed by atoms with van der Waals surface area (Å²) in [6, 6.07) is 0. The average molecular weight is 347 g/mol. The topological polar surface area (TPSA) is 133 Å². The lowest BCUT2D eigenvalue weighted by Crippen LogP contribution is -2.40. The van der Waals surface area contributed by atoms with E-state index < -0.39 is 35.1 Å². The molecule has 0 radical (unpaired) electrons. The fraction of sp³-hybridized carbons (Fsp3) is 0.500. The molecule has 0 aliphatic carbocycles. The van der Waals surface area contributed by atoms with Gasteiger partial charge in [0.2, 0.25) is 4.63 Å². The van der Waals surface area contributed by atoms with Crippen molar-refractivity contribution >= 4 is 27.1 Å². The minimum atomic E-state index is -1.56. The quantitative estimate of drug-likeness (QED) is 0.473. The van der Waals surface area contributed by atoms with E-state index in [-0.39, 0.29) is 11.2 Å². The minimum absolute atomic E-state index is 0.0732. The molecule has 3 rings (SSSR count). The third-order valence-electron chi connectivity index (χ3n) is 3.23. The molecule has 3 heterocycles. The first kappa shape index (κ1) is 13.6. The number of fused-ring (bicyclic) bond motifs is 1. The summed E-state index contributed by atoms with van der Waals surface area (Å²) in [7, 11) is 0. The van der Waals surface area contributed by atoms with Crippen LogP contribution in [0.2, 0.25) is 0 Å². The second-order valence-corrected chi connectivity index (χ2v) is 5.54. The Kier molecular flexibility index (Phi) is 3.14. The van der Waals surface area contributed by atoms with Crippen molar-refractivity contribution < 1.29 is 20.1 Å². The van der Waals surface area contributed by atoms with Gasteiger partial charge in [-0.05, 0) is 15.9 Å². The molecular formula is C10H11BrN4O5. The maximum atomic E-state index is 11.6. The van der Waals surface area contributed by atoms with Gasteiger partial charge < -0.3 is 25.0 Å². The molecule has 4 N–H and O–H groups in total. The number of nitrogens with one attached hydrogen (secondary N) is 1. The Labute approximate surface area is 120 Å². The minimum Gasteiger partial charge on any atom is -0.394 e. The molecule has 0 saturated carbocycles. The molecule has 0 spiro atoms. The van der Waals surface area contributed by atoms with Gasteiger partial charge in [0.05, 0.1) is 12.9 Å². The number of aliphatic hydroxyl groups is 3. The summed E-state index contributed by atoms with van der Waals surface area (Å²) in [6.07, 6.45) is -1.18. The molecule has 1 aliphatic rings. The van der Waals surface area contributed by atoms with Crippen molar-refractivity contribution in [3.8, 4) is 0 Å². The van der Waals surface area contributed by atoms with Gasteiger partial charge in [0.1, 0.15) is 24.6 Å². The molecule has 4 atom stereocenters. The van der Waals surface area contributed by atoms with E-state index in [0.717, 1.165) is 0 Å². The van der Waals surface area contributed by atoms with E-state index in [9.17, 15) is 15.0 Å². The molecule has 1 fully saturated rings. The molecule has 1 saturated heterocycles. The van der Waals surface area contributed by atoms with Crippen molar-refractivity contribution in [2.24, 2.45) is 0 Å². The number of hydrogen-bond donors (Lipinski definition) is 4. The second-order valence-electron chi connectivity index (χ2n) is 4.40. The van der Waals surface area contributed by atoms with Gasteiger partial charge in [-0.2, -0.15) is 0 Å². The number of hydrogen-bond acceptors (Lipinski definition) is 7. The summed E-state index contributed by atoms with van der Waals surface area (Å²) in [4.78, 5) is 21.9. The monoisotopic (exact) mass is 346 g/mol. The largest absolute Gasteiger partial charge is 0.394 e. The highest BCUT2D eigenvalue weighted by Gasteiger charge is 2.54. The zero-order valence-corrected chi connectivity index (χ0v) is 11.6. The number of aliphatic hydroxyl groups excluding tert-OH is 3. The molecule has 0 unspecified atom stereocenters. The standard InChI is InChI=1S/C10H11BrN4O5/c11-10(7(18)6(17)4(1-16)20-10)15-3-14-5-8(15)12-2-13-9(5)19/h2-4,6-7,16-18H,1H2,(H,12,13,19)/t4-,6-,7-,10+/m1/s1. The van der Waals surface area contributed by atoms with Crippen LogP contribution in [0.25, 0.3) is 11.2 Å². The van der Waals surface area contributed by atoms with Gasteiger partial charge in [0, 0.05) is 0 Å². The highest BCUT2D eigenvalue weighted by atomic mass is 79.9. The highest BCUT2D eigenvalue weighted by Crippen LogP contribution is 2.41. The lowest BCUT2D eigenvalue weighted by atomic mass is 10.1. The van der Waals surface area contributed by atoms with Gasteiger partial charge in [-0.1, -0.05) is 0 Å². The number of H-pyrrole nitrogens is 1. The maximum absolute atomic E-state index is 11.6. The zero-order chi connectivity index (χ0) is 14.5. The first-order valence-corrected chi connectivity index (χ1v) is 6.53. The van der Waals surface area contributed by atoms with E-state index in [4.69, 9.17) is 9.84 Å². The van der Waals surface area contributed by atoms with Crippen LogP contribution in [0.1, 0.15) is 0 Å². The average Bonchev–Trinajstić information content (AvgIpc) is 2.96. The first-order valence-electron chi connectivity index (χ1n) is 5.74. The van der Waals surface area contributed by atoms with Crippen LogP contribution < -0.4 is 5.56 Å². The maximum Gasteiger partial charge on any atom is 0.278 e. The molecule has 2 aromatic heterocycles. The lowest BCUT2D eigenvalue weighted by molar-refractivity contribution is -0.0722. The van der Waals surface area contributed by atoms with Crippen molar-refractivity contribution in [2.75, 3.05) is 6.61 Å². The molecule has 108 valence electrons. The smallest absolute Gasteiger partial charge is 0.278 e. The Bertz CT molecular complexity index is 702. The van der Waals surface area contributed by atoms with Crippen LogP contribution in [-0.2, 0) is 9.37 Å². The van der Waals surface area contributed by atoms with Gasteiger partial charge in [-0.15, -0.1) is 0 Å².